The van der Waals surface area contributed by atoms with E-state index in [4.69, 9.17) is 11.6 Å². The lowest BCUT2D eigenvalue weighted by molar-refractivity contribution is 0.220. The Hall–Kier alpha value is -1.42. The van der Waals surface area contributed by atoms with Gasteiger partial charge in [-0.1, -0.05) is 35.9 Å². The van der Waals surface area contributed by atoms with Gasteiger partial charge in [-0.25, -0.2) is 0 Å². The molecule has 1 aromatic heterocycles. The second-order valence-corrected chi connectivity index (χ2v) is 6.18. The van der Waals surface area contributed by atoms with Crippen LogP contribution in [-0.4, -0.2) is 10.1 Å². The highest BCUT2D eigenvalue weighted by atomic mass is 79.9. The van der Waals surface area contributed by atoms with Gasteiger partial charge in [-0.15, -0.1) is 0 Å². The molecule has 0 saturated heterocycles. The molecule has 0 amide bonds. The van der Waals surface area contributed by atoms with E-state index in [9.17, 15) is 5.11 Å². The van der Waals surface area contributed by atoms with Crippen molar-refractivity contribution in [1.29, 1.82) is 0 Å². The number of hydrogen-bond acceptors (Lipinski definition) is 2. The molecule has 2 nitrogen and oxygen atoms in total. The van der Waals surface area contributed by atoms with Crippen LogP contribution >= 0.6 is 27.5 Å². The van der Waals surface area contributed by atoms with E-state index in [0.717, 1.165) is 26.6 Å². The zero-order chi connectivity index (χ0) is 15.0. The monoisotopic (exact) mass is 361 g/mol. The van der Waals surface area contributed by atoms with E-state index in [-0.39, 0.29) is 0 Å². The van der Waals surface area contributed by atoms with Crippen LogP contribution < -0.4 is 0 Å². The number of fused-ring (bicyclic) bond motifs is 1. The smallest absolute Gasteiger partial charge is 0.106 e. The summed E-state index contributed by atoms with van der Waals surface area (Å²) in [5, 5.41) is 12.1. The van der Waals surface area contributed by atoms with Crippen LogP contribution in [0.2, 0.25) is 5.02 Å². The fraction of sp³-hybridized carbons (Fsp3) is 0.118. The summed E-state index contributed by atoms with van der Waals surface area (Å²) in [4.78, 5) is 4.47. The summed E-state index contributed by atoms with van der Waals surface area (Å²) in [6, 6.07) is 15.3. The molecule has 0 aliphatic heterocycles. The largest absolute Gasteiger partial charge is 0.384 e. The third-order valence-electron chi connectivity index (χ3n) is 3.44. The Kier molecular flexibility index (Phi) is 3.98. The molecule has 0 bridgehead atoms. The summed E-state index contributed by atoms with van der Waals surface area (Å²) in [6.45, 7) is 1.96. The van der Waals surface area contributed by atoms with E-state index in [1.807, 2.05) is 55.5 Å². The van der Waals surface area contributed by atoms with Gasteiger partial charge in [0.05, 0.1) is 10.5 Å². The first-order valence-corrected chi connectivity index (χ1v) is 7.72. The van der Waals surface area contributed by atoms with Crippen molar-refractivity contribution in [2.45, 2.75) is 13.0 Å². The van der Waals surface area contributed by atoms with Crippen LogP contribution in [0.4, 0.5) is 0 Å². The zero-order valence-electron chi connectivity index (χ0n) is 11.3. The summed E-state index contributed by atoms with van der Waals surface area (Å²) < 4.78 is 0.777. The average molecular weight is 363 g/mol. The second-order valence-electron chi connectivity index (χ2n) is 4.95. The number of aryl methyl sites for hydroxylation is 1. The molecule has 0 fully saturated rings. The zero-order valence-corrected chi connectivity index (χ0v) is 13.7. The number of aliphatic hydroxyl groups excluding tert-OH is 1. The Balaban J connectivity index is 2.07. The van der Waals surface area contributed by atoms with E-state index in [2.05, 4.69) is 20.9 Å². The maximum Gasteiger partial charge on any atom is 0.106 e. The molecule has 3 aromatic rings. The molecule has 0 saturated carbocycles. The number of pyridine rings is 1. The van der Waals surface area contributed by atoms with Crippen LogP contribution in [0, 0.1) is 6.92 Å². The lowest BCUT2D eigenvalue weighted by Crippen LogP contribution is -2.01. The molecule has 1 N–H and O–H groups in total. The van der Waals surface area contributed by atoms with E-state index >= 15 is 0 Å². The molecule has 1 unspecified atom stereocenters. The minimum Gasteiger partial charge on any atom is -0.384 e. The normalized spacial score (nSPS) is 12.6. The molecule has 4 heteroatoms. The van der Waals surface area contributed by atoms with Crippen LogP contribution in [0.1, 0.15) is 22.9 Å². The molecule has 0 spiro atoms. The molecule has 3 rings (SSSR count). The van der Waals surface area contributed by atoms with Gasteiger partial charge in [0.1, 0.15) is 6.10 Å². The van der Waals surface area contributed by atoms with E-state index in [1.165, 1.54) is 0 Å². The summed E-state index contributed by atoms with van der Waals surface area (Å²) in [5.74, 6) is 0. The number of benzene rings is 2. The standard InChI is InChI=1S/C17H13BrClNO/c1-10-5-6-11-9-12(7-8-15(11)20-10)17(21)13-3-2-4-14(18)16(13)19/h2-9,17,21H,1H3. The topological polar surface area (TPSA) is 33.1 Å². The van der Waals surface area contributed by atoms with Crippen LogP contribution in [0.15, 0.2) is 53.0 Å². The number of hydrogen-bond donors (Lipinski definition) is 1. The number of aliphatic hydroxyl groups is 1. The molecular formula is C17H13BrClNO. The van der Waals surface area contributed by atoms with Crippen molar-refractivity contribution in [1.82, 2.24) is 4.98 Å². The van der Waals surface area contributed by atoms with E-state index in [0.29, 0.717) is 10.6 Å². The van der Waals surface area contributed by atoms with Crippen LogP contribution in [0.25, 0.3) is 10.9 Å². The highest BCUT2D eigenvalue weighted by molar-refractivity contribution is 9.10. The average Bonchev–Trinajstić information content (AvgIpc) is 2.49. The minimum absolute atomic E-state index is 0.534. The second kappa shape index (κ2) is 5.76. The van der Waals surface area contributed by atoms with Crippen molar-refractivity contribution in [2.75, 3.05) is 0 Å². The number of nitrogens with zero attached hydrogens (tertiary/aromatic N) is 1. The lowest BCUT2D eigenvalue weighted by Gasteiger charge is -2.14. The number of aromatic nitrogens is 1. The molecule has 0 aliphatic rings. The van der Waals surface area contributed by atoms with Gasteiger partial charge >= 0.3 is 0 Å². The molecular weight excluding hydrogens is 350 g/mol. The third kappa shape index (κ3) is 2.82. The van der Waals surface area contributed by atoms with Crippen molar-refractivity contribution in [3.63, 3.8) is 0 Å². The Morgan fingerprint density at radius 1 is 1.14 bits per heavy atom. The number of rotatable bonds is 2. The molecule has 1 atom stereocenters. The van der Waals surface area contributed by atoms with Crippen molar-refractivity contribution in [3.05, 3.63) is 74.8 Å². The van der Waals surface area contributed by atoms with Crippen molar-refractivity contribution in [2.24, 2.45) is 0 Å². The van der Waals surface area contributed by atoms with Gasteiger partial charge in [0, 0.05) is 21.1 Å². The van der Waals surface area contributed by atoms with Crippen LogP contribution in [0.5, 0.6) is 0 Å². The van der Waals surface area contributed by atoms with Crippen LogP contribution in [0.3, 0.4) is 0 Å². The van der Waals surface area contributed by atoms with E-state index < -0.39 is 6.10 Å². The SMILES string of the molecule is Cc1ccc2cc(C(O)c3cccc(Br)c3Cl)ccc2n1. The molecule has 0 radical (unpaired) electrons. The number of halogens is 2. The first kappa shape index (κ1) is 14.5. The first-order valence-electron chi connectivity index (χ1n) is 6.55. The van der Waals surface area contributed by atoms with Gasteiger partial charge in [0.25, 0.3) is 0 Å². The Bertz CT molecular complexity index is 819. The van der Waals surface area contributed by atoms with E-state index in [1.54, 1.807) is 0 Å². The molecule has 21 heavy (non-hydrogen) atoms. The Morgan fingerprint density at radius 3 is 2.76 bits per heavy atom. The summed E-state index contributed by atoms with van der Waals surface area (Å²) >= 11 is 9.64. The highest BCUT2D eigenvalue weighted by Crippen LogP contribution is 2.34. The molecule has 0 aliphatic carbocycles. The van der Waals surface area contributed by atoms with Gasteiger partial charge in [-0.3, -0.25) is 4.98 Å². The fourth-order valence-electron chi connectivity index (χ4n) is 2.33. The molecule has 2 aromatic carbocycles. The lowest BCUT2D eigenvalue weighted by atomic mass is 10.00. The van der Waals surface area contributed by atoms with Gasteiger partial charge in [0.15, 0.2) is 0 Å². The minimum atomic E-state index is -0.763. The third-order valence-corrected chi connectivity index (χ3v) is 4.76. The Morgan fingerprint density at radius 2 is 1.95 bits per heavy atom. The fourth-order valence-corrected chi connectivity index (χ4v) is 2.94. The van der Waals surface area contributed by atoms with Gasteiger partial charge in [0.2, 0.25) is 0 Å². The van der Waals surface area contributed by atoms with Crippen molar-refractivity contribution in [3.8, 4) is 0 Å². The summed E-state index contributed by atoms with van der Waals surface area (Å²) in [7, 11) is 0. The van der Waals surface area contributed by atoms with Gasteiger partial charge in [-0.05, 0) is 52.7 Å². The quantitative estimate of drug-likeness (QED) is 0.692. The highest BCUT2D eigenvalue weighted by Gasteiger charge is 2.15. The van der Waals surface area contributed by atoms with Crippen LogP contribution in [-0.2, 0) is 0 Å². The van der Waals surface area contributed by atoms with Crippen molar-refractivity contribution < 1.29 is 5.11 Å². The molecule has 106 valence electrons. The molecule has 1 heterocycles. The predicted molar refractivity (Wildman–Crippen MR) is 89.7 cm³/mol. The van der Waals surface area contributed by atoms with Crippen molar-refractivity contribution >= 4 is 38.4 Å². The van der Waals surface area contributed by atoms with Gasteiger partial charge in [-0.2, -0.15) is 0 Å². The predicted octanol–water partition coefficient (Wildman–Crippen LogP) is 5.04. The first-order chi connectivity index (χ1) is 10.1. The summed E-state index contributed by atoms with van der Waals surface area (Å²) in [6.07, 6.45) is -0.763. The Labute approximate surface area is 136 Å². The maximum atomic E-state index is 10.6. The van der Waals surface area contributed by atoms with Gasteiger partial charge < -0.3 is 5.11 Å². The maximum absolute atomic E-state index is 10.6. The summed E-state index contributed by atoms with van der Waals surface area (Å²) in [5.41, 5.74) is 3.38.